The van der Waals surface area contributed by atoms with Crippen molar-refractivity contribution in [3.63, 3.8) is 0 Å². The van der Waals surface area contributed by atoms with Gasteiger partial charge in [0.2, 0.25) is 5.91 Å². The fraction of sp³-hybridized carbons (Fsp3) is 0.136. The average Bonchev–Trinajstić information content (AvgIpc) is 3.38. The molecule has 158 valence electrons. The molecule has 0 saturated carbocycles. The summed E-state index contributed by atoms with van der Waals surface area (Å²) in [4.78, 5) is 23.6. The van der Waals surface area contributed by atoms with E-state index < -0.39 is 11.7 Å². The molecule has 0 unspecified atom stereocenters. The van der Waals surface area contributed by atoms with Crippen molar-refractivity contribution in [2.45, 2.75) is 19.5 Å². The topological polar surface area (TPSA) is 46.1 Å². The summed E-state index contributed by atoms with van der Waals surface area (Å²) >= 11 is 2.67. The van der Waals surface area contributed by atoms with E-state index in [0.29, 0.717) is 27.1 Å². The van der Waals surface area contributed by atoms with E-state index in [9.17, 15) is 18.0 Å². The molecule has 2 aromatic heterocycles. The van der Waals surface area contributed by atoms with Gasteiger partial charge in [0.25, 0.3) is 0 Å². The van der Waals surface area contributed by atoms with Gasteiger partial charge < -0.3 is 0 Å². The molecule has 4 aromatic rings. The molecule has 4 rings (SSSR count). The number of amides is 1. The highest BCUT2D eigenvalue weighted by molar-refractivity contribution is 7.14. The van der Waals surface area contributed by atoms with Crippen LogP contribution in [0.4, 0.5) is 24.0 Å². The average molecular weight is 460 g/mol. The molecule has 2 aromatic carbocycles. The molecule has 0 aliphatic carbocycles. The van der Waals surface area contributed by atoms with Crippen LogP contribution >= 0.6 is 22.7 Å². The van der Waals surface area contributed by atoms with Gasteiger partial charge in [-0.2, -0.15) is 13.2 Å². The molecule has 4 nitrogen and oxygen atoms in total. The van der Waals surface area contributed by atoms with E-state index in [1.807, 2.05) is 42.6 Å². The Labute approximate surface area is 184 Å². The summed E-state index contributed by atoms with van der Waals surface area (Å²) < 4.78 is 38.3. The van der Waals surface area contributed by atoms with Crippen molar-refractivity contribution in [3.05, 3.63) is 82.3 Å². The molecular weight excluding hydrogens is 443 g/mol. The van der Waals surface area contributed by atoms with Gasteiger partial charge in [-0.1, -0.05) is 30.3 Å². The number of thiazole rings is 2. The molecule has 9 heteroatoms. The van der Waals surface area contributed by atoms with Crippen LogP contribution in [0.1, 0.15) is 17.0 Å². The van der Waals surface area contributed by atoms with Crippen LogP contribution in [0, 0.1) is 6.92 Å². The first-order valence-electron chi connectivity index (χ1n) is 9.23. The van der Waals surface area contributed by atoms with Crippen LogP contribution in [0.3, 0.4) is 0 Å². The molecule has 0 radical (unpaired) electrons. The van der Waals surface area contributed by atoms with Crippen molar-refractivity contribution in [2.75, 3.05) is 4.90 Å². The minimum Gasteiger partial charge on any atom is -0.274 e. The van der Waals surface area contributed by atoms with Crippen LogP contribution in [-0.2, 0) is 17.4 Å². The lowest BCUT2D eigenvalue weighted by Gasteiger charge is -2.19. The summed E-state index contributed by atoms with van der Waals surface area (Å²) in [6.45, 7) is 1.87. The van der Waals surface area contributed by atoms with Crippen molar-refractivity contribution < 1.29 is 18.0 Å². The van der Waals surface area contributed by atoms with Gasteiger partial charge in [0, 0.05) is 16.3 Å². The number of benzene rings is 2. The SMILES string of the molecule is Cc1csc(N(C(=O)Cc2csc(-c3ccc(C(F)(F)F)cc3)n2)c2ccccc2)n1. The predicted octanol–water partition coefficient (Wildman–Crippen LogP) is 6.50. The number of halogens is 3. The Balaban J connectivity index is 1.56. The third kappa shape index (κ3) is 4.83. The highest BCUT2D eigenvalue weighted by Gasteiger charge is 2.30. The van der Waals surface area contributed by atoms with Gasteiger partial charge in [-0.15, -0.1) is 22.7 Å². The molecule has 0 saturated heterocycles. The lowest BCUT2D eigenvalue weighted by Crippen LogP contribution is -2.27. The number of hydrogen-bond donors (Lipinski definition) is 0. The third-order valence-electron chi connectivity index (χ3n) is 4.41. The molecule has 0 aliphatic rings. The summed E-state index contributed by atoms with van der Waals surface area (Å²) in [5, 5.41) is 4.77. The van der Waals surface area contributed by atoms with Crippen molar-refractivity contribution in [2.24, 2.45) is 0 Å². The number of nitrogens with zero attached hydrogens (tertiary/aromatic N) is 3. The summed E-state index contributed by atoms with van der Waals surface area (Å²) in [5.74, 6) is -0.190. The lowest BCUT2D eigenvalue weighted by atomic mass is 10.1. The number of aromatic nitrogens is 2. The minimum atomic E-state index is -4.38. The monoisotopic (exact) mass is 459 g/mol. The fourth-order valence-corrected chi connectivity index (χ4v) is 4.60. The van der Waals surface area contributed by atoms with Crippen molar-refractivity contribution >= 4 is 39.4 Å². The Kier molecular flexibility index (Phi) is 5.88. The summed E-state index contributed by atoms with van der Waals surface area (Å²) in [5.41, 5.74) is 1.96. The van der Waals surface area contributed by atoms with Crippen molar-refractivity contribution in [1.82, 2.24) is 9.97 Å². The van der Waals surface area contributed by atoms with Gasteiger partial charge in [0.15, 0.2) is 5.13 Å². The van der Waals surface area contributed by atoms with Gasteiger partial charge >= 0.3 is 6.18 Å². The molecular formula is C22H16F3N3OS2. The number of carbonyl (C=O) groups excluding carboxylic acids is 1. The number of anilines is 2. The van der Waals surface area contributed by atoms with Gasteiger partial charge in [-0.25, -0.2) is 9.97 Å². The minimum absolute atomic E-state index is 0.0463. The maximum atomic E-state index is 13.2. The van der Waals surface area contributed by atoms with Crippen LogP contribution in [0.2, 0.25) is 0 Å². The van der Waals surface area contributed by atoms with Crippen LogP contribution in [0.25, 0.3) is 10.6 Å². The Morgan fingerprint density at radius 2 is 1.68 bits per heavy atom. The van der Waals surface area contributed by atoms with E-state index in [4.69, 9.17) is 0 Å². The standard InChI is InChI=1S/C22H16F3N3OS2/c1-14-12-31-21(26-14)28(18-5-3-2-4-6-18)19(29)11-17-13-30-20(27-17)15-7-9-16(10-8-15)22(23,24)25/h2-10,12-13H,11H2,1H3. The summed E-state index contributed by atoms with van der Waals surface area (Å²) in [6, 6.07) is 14.1. The molecule has 0 spiro atoms. The summed E-state index contributed by atoms with van der Waals surface area (Å²) in [7, 11) is 0. The predicted molar refractivity (Wildman–Crippen MR) is 117 cm³/mol. The second-order valence-electron chi connectivity index (χ2n) is 6.73. The molecule has 0 atom stereocenters. The highest BCUT2D eigenvalue weighted by Crippen LogP contribution is 2.33. The molecule has 31 heavy (non-hydrogen) atoms. The quantitative estimate of drug-likeness (QED) is 0.342. The lowest BCUT2D eigenvalue weighted by molar-refractivity contribution is -0.137. The molecule has 0 fully saturated rings. The van der Waals surface area contributed by atoms with E-state index in [1.54, 1.807) is 10.3 Å². The van der Waals surface area contributed by atoms with E-state index >= 15 is 0 Å². The second-order valence-corrected chi connectivity index (χ2v) is 8.43. The van der Waals surface area contributed by atoms with Gasteiger partial charge in [0.1, 0.15) is 5.01 Å². The van der Waals surface area contributed by atoms with E-state index in [-0.39, 0.29) is 12.3 Å². The van der Waals surface area contributed by atoms with Crippen LogP contribution in [0.5, 0.6) is 0 Å². The molecule has 1 amide bonds. The molecule has 0 aliphatic heterocycles. The first-order valence-corrected chi connectivity index (χ1v) is 11.0. The number of para-hydroxylation sites is 1. The Morgan fingerprint density at radius 3 is 2.29 bits per heavy atom. The van der Waals surface area contributed by atoms with E-state index in [1.165, 1.54) is 34.8 Å². The fourth-order valence-electron chi connectivity index (χ4n) is 2.94. The Bertz CT molecular complexity index is 1180. The number of aryl methyl sites for hydroxylation is 1. The molecule has 2 heterocycles. The highest BCUT2D eigenvalue weighted by atomic mass is 32.1. The molecule has 0 bridgehead atoms. The Morgan fingerprint density at radius 1 is 0.968 bits per heavy atom. The maximum Gasteiger partial charge on any atom is 0.416 e. The second kappa shape index (κ2) is 8.60. The number of rotatable bonds is 5. The van der Waals surface area contributed by atoms with Crippen LogP contribution in [0.15, 0.2) is 65.4 Å². The normalized spacial score (nSPS) is 11.5. The summed E-state index contributed by atoms with van der Waals surface area (Å²) in [6.07, 6.45) is -4.33. The zero-order valence-corrected chi connectivity index (χ0v) is 17.9. The van der Waals surface area contributed by atoms with Crippen molar-refractivity contribution in [1.29, 1.82) is 0 Å². The third-order valence-corrected chi connectivity index (χ3v) is 6.29. The Hall–Kier alpha value is -3.04. The zero-order valence-electron chi connectivity index (χ0n) is 16.3. The van der Waals surface area contributed by atoms with Gasteiger partial charge in [0.05, 0.1) is 29.1 Å². The number of carbonyl (C=O) groups is 1. The van der Waals surface area contributed by atoms with E-state index in [2.05, 4.69) is 9.97 Å². The first-order chi connectivity index (χ1) is 14.8. The zero-order chi connectivity index (χ0) is 22.0. The van der Waals surface area contributed by atoms with Crippen LogP contribution < -0.4 is 4.90 Å². The molecule has 0 N–H and O–H groups in total. The van der Waals surface area contributed by atoms with Gasteiger partial charge in [-0.3, -0.25) is 9.69 Å². The first kappa shape index (κ1) is 21.2. The van der Waals surface area contributed by atoms with E-state index in [0.717, 1.165) is 17.8 Å². The van der Waals surface area contributed by atoms with Crippen LogP contribution in [-0.4, -0.2) is 15.9 Å². The maximum absolute atomic E-state index is 13.2. The largest absolute Gasteiger partial charge is 0.416 e. The van der Waals surface area contributed by atoms with Gasteiger partial charge in [-0.05, 0) is 31.2 Å². The number of hydrogen-bond acceptors (Lipinski definition) is 5. The van der Waals surface area contributed by atoms with Crippen molar-refractivity contribution in [3.8, 4) is 10.6 Å². The smallest absolute Gasteiger partial charge is 0.274 e. The number of alkyl halides is 3.